The van der Waals surface area contributed by atoms with E-state index in [-0.39, 0.29) is 18.8 Å². The van der Waals surface area contributed by atoms with Gasteiger partial charge in [-0.1, -0.05) is 53.3 Å². The van der Waals surface area contributed by atoms with Gasteiger partial charge in [-0.05, 0) is 57.5 Å². The van der Waals surface area contributed by atoms with Gasteiger partial charge < -0.3 is 13.9 Å². The number of furan rings is 1. The third-order valence-corrected chi connectivity index (χ3v) is 7.45. The number of fused-ring (bicyclic) bond motifs is 1. The van der Waals surface area contributed by atoms with Crippen LogP contribution in [-0.4, -0.2) is 29.7 Å². The van der Waals surface area contributed by atoms with E-state index < -0.39 is 18.0 Å². The van der Waals surface area contributed by atoms with Crippen molar-refractivity contribution < 1.29 is 23.5 Å². The van der Waals surface area contributed by atoms with Gasteiger partial charge in [0.15, 0.2) is 4.80 Å². The summed E-state index contributed by atoms with van der Waals surface area (Å²) in [5.41, 5.74) is 3.56. The standard InChI is InChI=1S/C31H28N2O6S/c1-5-37-29(35)22-9-7-8-21(16-22)24-15-14-23(39-24)17-25-28(34)33-27(20-12-10-18(3)11-13-20)26(30(36)38-6-2)19(4)32-31(33)40-25/h7-17,27H,5-6H2,1-4H3. The second-order valence-corrected chi connectivity index (χ2v) is 10.2. The Hall–Kier alpha value is -4.50. The third-order valence-electron chi connectivity index (χ3n) is 6.47. The quantitative estimate of drug-likeness (QED) is 0.310. The first-order valence-corrected chi connectivity index (χ1v) is 13.8. The van der Waals surface area contributed by atoms with Gasteiger partial charge in [-0.2, -0.15) is 0 Å². The summed E-state index contributed by atoms with van der Waals surface area (Å²) in [7, 11) is 0. The summed E-state index contributed by atoms with van der Waals surface area (Å²) in [6.07, 6.45) is 1.66. The van der Waals surface area contributed by atoms with Crippen molar-refractivity contribution in [2.75, 3.05) is 13.2 Å². The van der Waals surface area contributed by atoms with Gasteiger partial charge in [-0.25, -0.2) is 14.6 Å². The molecule has 0 aliphatic carbocycles. The molecule has 2 aromatic carbocycles. The fraction of sp³-hybridized carbons (Fsp3) is 0.226. The second-order valence-electron chi connectivity index (χ2n) is 9.22. The van der Waals surface area contributed by atoms with Gasteiger partial charge in [-0.3, -0.25) is 9.36 Å². The zero-order valence-corrected chi connectivity index (χ0v) is 23.4. The van der Waals surface area contributed by atoms with E-state index >= 15 is 0 Å². The molecule has 3 heterocycles. The molecule has 8 nitrogen and oxygen atoms in total. The Morgan fingerprint density at radius 2 is 1.73 bits per heavy atom. The number of nitrogens with zero attached hydrogens (tertiary/aromatic N) is 2. The molecule has 0 saturated carbocycles. The van der Waals surface area contributed by atoms with Crippen LogP contribution in [0.1, 0.15) is 54.1 Å². The average Bonchev–Trinajstić information content (AvgIpc) is 3.53. The molecule has 0 saturated heterocycles. The summed E-state index contributed by atoms with van der Waals surface area (Å²) in [6.45, 7) is 7.74. The maximum atomic E-state index is 13.8. The van der Waals surface area contributed by atoms with Crippen molar-refractivity contribution in [3.63, 3.8) is 0 Å². The fourth-order valence-electron chi connectivity index (χ4n) is 4.58. The Labute approximate surface area is 234 Å². The molecule has 4 aromatic rings. The SMILES string of the molecule is CCOC(=O)C1=C(C)N=c2sc(=Cc3ccc(-c4cccc(C(=O)OCC)c4)o3)c(=O)n2C1c1ccc(C)cc1. The minimum absolute atomic E-state index is 0.212. The lowest BCUT2D eigenvalue weighted by Gasteiger charge is -2.24. The van der Waals surface area contributed by atoms with Gasteiger partial charge in [-0.15, -0.1) is 0 Å². The number of aromatic nitrogens is 1. The lowest BCUT2D eigenvalue weighted by Crippen LogP contribution is -2.39. The summed E-state index contributed by atoms with van der Waals surface area (Å²) < 4.78 is 18.4. The molecule has 0 bridgehead atoms. The molecule has 0 radical (unpaired) electrons. The van der Waals surface area contributed by atoms with Crippen LogP contribution >= 0.6 is 11.3 Å². The lowest BCUT2D eigenvalue weighted by atomic mass is 9.95. The van der Waals surface area contributed by atoms with Crippen molar-refractivity contribution in [1.82, 2.24) is 4.57 Å². The highest BCUT2D eigenvalue weighted by atomic mass is 32.1. The number of carbonyl (C=O) groups is 2. The predicted molar refractivity (Wildman–Crippen MR) is 152 cm³/mol. The Balaban J connectivity index is 1.57. The first kappa shape index (κ1) is 27.1. The van der Waals surface area contributed by atoms with E-state index in [9.17, 15) is 14.4 Å². The van der Waals surface area contributed by atoms with E-state index in [1.165, 1.54) is 11.3 Å². The average molecular weight is 557 g/mol. The van der Waals surface area contributed by atoms with Crippen LogP contribution in [0.5, 0.6) is 0 Å². The van der Waals surface area contributed by atoms with Crippen molar-refractivity contribution in [2.24, 2.45) is 4.99 Å². The summed E-state index contributed by atoms with van der Waals surface area (Å²) >= 11 is 1.23. The summed E-state index contributed by atoms with van der Waals surface area (Å²) in [4.78, 5) is 44.0. The Kier molecular flexibility index (Phi) is 7.66. The zero-order valence-electron chi connectivity index (χ0n) is 22.6. The van der Waals surface area contributed by atoms with Crippen LogP contribution in [0.4, 0.5) is 0 Å². The van der Waals surface area contributed by atoms with Crippen molar-refractivity contribution in [2.45, 2.75) is 33.7 Å². The van der Waals surface area contributed by atoms with Crippen LogP contribution < -0.4 is 14.9 Å². The highest BCUT2D eigenvalue weighted by Crippen LogP contribution is 2.31. The normalized spacial score (nSPS) is 15.0. The minimum Gasteiger partial charge on any atom is -0.463 e. The monoisotopic (exact) mass is 556 g/mol. The number of benzene rings is 2. The van der Waals surface area contributed by atoms with Crippen molar-refractivity contribution in [1.29, 1.82) is 0 Å². The molecule has 1 unspecified atom stereocenters. The van der Waals surface area contributed by atoms with Crippen molar-refractivity contribution in [3.8, 4) is 11.3 Å². The number of thiazole rings is 1. The molecule has 1 atom stereocenters. The molecule has 0 fully saturated rings. The summed E-state index contributed by atoms with van der Waals surface area (Å²) in [5.74, 6) is 0.111. The highest BCUT2D eigenvalue weighted by molar-refractivity contribution is 7.07. The van der Waals surface area contributed by atoms with Gasteiger partial charge in [0, 0.05) is 11.6 Å². The Morgan fingerprint density at radius 1 is 1.00 bits per heavy atom. The molecular formula is C31H28N2O6S. The van der Waals surface area contributed by atoms with Gasteiger partial charge in [0.1, 0.15) is 11.5 Å². The third kappa shape index (κ3) is 5.20. The van der Waals surface area contributed by atoms with E-state index in [0.717, 1.165) is 11.1 Å². The number of aryl methyl sites for hydroxylation is 1. The number of esters is 2. The molecule has 40 heavy (non-hydrogen) atoms. The van der Waals surface area contributed by atoms with Crippen LogP contribution in [0.25, 0.3) is 17.4 Å². The van der Waals surface area contributed by atoms with Crippen LogP contribution in [-0.2, 0) is 14.3 Å². The molecule has 1 aliphatic rings. The number of allylic oxidation sites excluding steroid dienone is 1. The first-order chi connectivity index (χ1) is 19.3. The number of ether oxygens (including phenoxy) is 2. The molecular weight excluding hydrogens is 528 g/mol. The molecule has 5 rings (SSSR count). The summed E-state index contributed by atoms with van der Waals surface area (Å²) in [5, 5.41) is 0. The molecule has 2 aromatic heterocycles. The van der Waals surface area contributed by atoms with E-state index in [0.29, 0.717) is 43.3 Å². The maximum absolute atomic E-state index is 13.8. The summed E-state index contributed by atoms with van der Waals surface area (Å²) in [6, 6.07) is 17.6. The van der Waals surface area contributed by atoms with Gasteiger partial charge >= 0.3 is 11.9 Å². The largest absolute Gasteiger partial charge is 0.463 e. The highest BCUT2D eigenvalue weighted by Gasteiger charge is 2.33. The Morgan fingerprint density at radius 3 is 2.45 bits per heavy atom. The van der Waals surface area contributed by atoms with E-state index in [1.54, 1.807) is 61.7 Å². The second kappa shape index (κ2) is 11.3. The van der Waals surface area contributed by atoms with Gasteiger partial charge in [0.2, 0.25) is 0 Å². The minimum atomic E-state index is -0.671. The number of carbonyl (C=O) groups excluding carboxylic acids is 2. The van der Waals surface area contributed by atoms with Gasteiger partial charge in [0.05, 0.1) is 40.6 Å². The maximum Gasteiger partial charge on any atom is 0.338 e. The van der Waals surface area contributed by atoms with Gasteiger partial charge in [0.25, 0.3) is 5.56 Å². The molecule has 0 spiro atoms. The van der Waals surface area contributed by atoms with Crippen LogP contribution in [0.15, 0.2) is 86.1 Å². The van der Waals surface area contributed by atoms with Crippen LogP contribution in [0.2, 0.25) is 0 Å². The molecule has 0 amide bonds. The Bertz CT molecular complexity index is 1810. The number of hydrogen-bond donors (Lipinski definition) is 0. The van der Waals surface area contributed by atoms with E-state index in [4.69, 9.17) is 13.9 Å². The van der Waals surface area contributed by atoms with Crippen LogP contribution in [0, 0.1) is 6.92 Å². The topological polar surface area (TPSA) is 100 Å². The predicted octanol–water partition coefficient (Wildman–Crippen LogP) is 4.54. The lowest BCUT2D eigenvalue weighted by molar-refractivity contribution is -0.139. The van der Waals surface area contributed by atoms with Crippen LogP contribution in [0.3, 0.4) is 0 Å². The van der Waals surface area contributed by atoms with E-state index in [1.807, 2.05) is 37.3 Å². The number of hydrogen-bond acceptors (Lipinski definition) is 8. The number of rotatable bonds is 7. The first-order valence-electron chi connectivity index (χ1n) is 12.9. The molecule has 204 valence electrons. The fourth-order valence-corrected chi connectivity index (χ4v) is 5.61. The van der Waals surface area contributed by atoms with Crippen molar-refractivity contribution in [3.05, 3.63) is 114 Å². The molecule has 1 aliphatic heterocycles. The molecule has 9 heteroatoms. The molecule has 0 N–H and O–H groups in total. The zero-order chi connectivity index (χ0) is 28.4. The van der Waals surface area contributed by atoms with Crippen molar-refractivity contribution >= 4 is 29.4 Å². The smallest absolute Gasteiger partial charge is 0.338 e. The van der Waals surface area contributed by atoms with E-state index in [2.05, 4.69) is 4.99 Å².